The summed E-state index contributed by atoms with van der Waals surface area (Å²) >= 11 is 0. The van der Waals surface area contributed by atoms with Gasteiger partial charge in [-0.15, -0.1) is 0 Å². The van der Waals surface area contributed by atoms with E-state index in [4.69, 9.17) is 0 Å². The molecule has 0 bridgehead atoms. The highest BCUT2D eigenvalue weighted by molar-refractivity contribution is 5.97. The Balaban J connectivity index is 1.65. The summed E-state index contributed by atoms with van der Waals surface area (Å²) in [5, 5.41) is 0. The second kappa shape index (κ2) is 9.07. The first-order valence-electron chi connectivity index (χ1n) is 9.03. The lowest BCUT2D eigenvalue weighted by molar-refractivity contribution is 0.0982. The third kappa shape index (κ3) is 5.33. The second-order valence-electron chi connectivity index (χ2n) is 6.54. The van der Waals surface area contributed by atoms with Crippen LogP contribution in [0.1, 0.15) is 93.5 Å². The van der Waals surface area contributed by atoms with Crippen molar-refractivity contribution in [1.82, 2.24) is 4.57 Å². The molecule has 118 valence electrons. The van der Waals surface area contributed by atoms with Crippen LogP contribution in [0.3, 0.4) is 0 Å². The Morgan fingerprint density at radius 2 is 1.57 bits per heavy atom. The molecule has 0 saturated carbocycles. The van der Waals surface area contributed by atoms with Crippen molar-refractivity contribution in [3.05, 3.63) is 23.5 Å². The Morgan fingerprint density at radius 3 is 2.33 bits per heavy atom. The summed E-state index contributed by atoms with van der Waals surface area (Å²) < 4.78 is 2.25. The molecule has 1 aromatic rings. The van der Waals surface area contributed by atoms with Crippen LogP contribution in [-0.2, 0) is 13.0 Å². The van der Waals surface area contributed by atoms with E-state index >= 15 is 0 Å². The summed E-state index contributed by atoms with van der Waals surface area (Å²) in [6.45, 7) is 3.35. The van der Waals surface area contributed by atoms with E-state index in [0.717, 1.165) is 31.4 Å². The quantitative estimate of drug-likeness (QED) is 0.432. The fourth-order valence-electron chi connectivity index (χ4n) is 3.30. The summed E-state index contributed by atoms with van der Waals surface area (Å²) in [4.78, 5) is 12.0. The smallest absolute Gasteiger partial charge is 0.164 e. The molecule has 0 N–H and O–H groups in total. The van der Waals surface area contributed by atoms with Crippen molar-refractivity contribution in [3.63, 3.8) is 0 Å². The normalized spacial score (nSPS) is 15.0. The van der Waals surface area contributed by atoms with Crippen molar-refractivity contribution >= 4 is 5.78 Å². The van der Waals surface area contributed by atoms with Gasteiger partial charge in [-0.1, -0.05) is 51.9 Å². The van der Waals surface area contributed by atoms with Gasteiger partial charge in [-0.25, -0.2) is 0 Å². The van der Waals surface area contributed by atoms with Gasteiger partial charge in [-0.05, 0) is 31.2 Å². The maximum absolute atomic E-state index is 12.0. The molecule has 0 atom stereocenters. The van der Waals surface area contributed by atoms with Crippen molar-refractivity contribution in [2.45, 2.75) is 90.5 Å². The van der Waals surface area contributed by atoms with Gasteiger partial charge in [0.15, 0.2) is 5.78 Å². The first-order chi connectivity index (χ1) is 10.3. The molecule has 1 aromatic heterocycles. The zero-order chi connectivity index (χ0) is 14.9. The third-order valence-electron chi connectivity index (χ3n) is 4.63. The molecule has 0 aliphatic heterocycles. The van der Waals surface area contributed by atoms with Crippen LogP contribution in [0.15, 0.2) is 12.4 Å². The Morgan fingerprint density at radius 1 is 0.905 bits per heavy atom. The van der Waals surface area contributed by atoms with Gasteiger partial charge in [0.25, 0.3) is 0 Å². The first-order valence-corrected chi connectivity index (χ1v) is 9.03. The van der Waals surface area contributed by atoms with Crippen molar-refractivity contribution in [2.24, 2.45) is 0 Å². The van der Waals surface area contributed by atoms with E-state index in [0.29, 0.717) is 5.78 Å². The molecule has 0 unspecified atom stereocenters. The molecule has 2 heteroatoms. The number of fused-ring (bicyclic) bond motifs is 1. The summed E-state index contributed by atoms with van der Waals surface area (Å²) in [6, 6.07) is 0. The number of rotatable bonds is 9. The van der Waals surface area contributed by atoms with E-state index < -0.39 is 0 Å². The summed E-state index contributed by atoms with van der Waals surface area (Å²) in [5.74, 6) is 0.358. The van der Waals surface area contributed by atoms with Gasteiger partial charge in [0.05, 0.1) is 0 Å². The van der Waals surface area contributed by atoms with Crippen LogP contribution in [0, 0.1) is 0 Å². The molecule has 1 aliphatic rings. The SMILES string of the molecule is CCCCCCCCCCn1cc2c(c1)C(=O)CCCC2. The molecule has 21 heavy (non-hydrogen) atoms. The van der Waals surface area contributed by atoms with Gasteiger partial charge in [0, 0.05) is 30.9 Å². The standard InChI is InChI=1S/C19H31NO/c1-2-3-4-5-6-7-8-11-14-20-15-17-12-9-10-13-19(21)18(17)16-20/h15-16H,2-14H2,1H3. The highest BCUT2D eigenvalue weighted by atomic mass is 16.1. The predicted molar refractivity (Wildman–Crippen MR) is 88.9 cm³/mol. The van der Waals surface area contributed by atoms with Crippen LogP contribution in [-0.4, -0.2) is 10.4 Å². The number of ketones is 1. The Kier molecular flexibility index (Phi) is 7.05. The van der Waals surface area contributed by atoms with Crippen molar-refractivity contribution in [1.29, 1.82) is 0 Å². The third-order valence-corrected chi connectivity index (χ3v) is 4.63. The van der Waals surface area contributed by atoms with Crippen LogP contribution in [0.4, 0.5) is 0 Å². The molecule has 0 saturated heterocycles. The molecule has 0 aromatic carbocycles. The van der Waals surface area contributed by atoms with E-state index in [-0.39, 0.29) is 0 Å². The molecule has 0 amide bonds. The van der Waals surface area contributed by atoms with Crippen molar-refractivity contribution in [2.75, 3.05) is 0 Å². The lowest BCUT2D eigenvalue weighted by atomic mass is 10.1. The van der Waals surface area contributed by atoms with Gasteiger partial charge >= 0.3 is 0 Å². The topological polar surface area (TPSA) is 22.0 Å². The number of aryl methyl sites for hydroxylation is 2. The number of Topliss-reactive ketones (excluding diaryl/α,β-unsaturated/α-hetero) is 1. The molecule has 2 rings (SSSR count). The fourth-order valence-corrected chi connectivity index (χ4v) is 3.30. The van der Waals surface area contributed by atoms with E-state index in [2.05, 4.69) is 23.9 Å². The molecular weight excluding hydrogens is 258 g/mol. The molecular formula is C19H31NO. The largest absolute Gasteiger partial charge is 0.353 e. The number of hydrogen-bond acceptors (Lipinski definition) is 1. The van der Waals surface area contributed by atoms with Gasteiger partial charge < -0.3 is 4.57 Å². The minimum atomic E-state index is 0.358. The van der Waals surface area contributed by atoms with Gasteiger partial charge in [0.1, 0.15) is 0 Å². The number of aromatic nitrogens is 1. The highest BCUT2D eigenvalue weighted by Crippen LogP contribution is 2.22. The molecule has 1 aliphatic carbocycles. The Hall–Kier alpha value is -1.05. The number of hydrogen-bond donors (Lipinski definition) is 0. The Labute approximate surface area is 129 Å². The van der Waals surface area contributed by atoms with Crippen LogP contribution in [0.25, 0.3) is 0 Å². The van der Waals surface area contributed by atoms with E-state index in [9.17, 15) is 4.79 Å². The monoisotopic (exact) mass is 289 g/mol. The highest BCUT2D eigenvalue weighted by Gasteiger charge is 2.17. The van der Waals surface area contributed by atoms with Crippen molar-refractivity contribution in [3.8, 4) is 0 Å². The zero-order valence-electron chi connectivity index (χ0n) is 13.7. The second-order valence-corrected chi connectivity index (χ2v) is 6.54. The van der Waals surface area contributed by atoms with E-state index in [1.807, 2.05) is 0 Å². The molecule has 0 spiro atoms. The van der Waals surface area contributed by atoms with Gasteiger partial charge in [-0.3, -0.25) is 4.79 Å². The molecule has 0 radical (unpaired) electrons. The van der Waals surface area contributed by atoms with Crippen LogP contribution in [0.2, 0.25) is 0 Å². The van der Waals surface area contributed by atoms with E-state index in [1.54, 1.807) is 0 Å². The minimum Gasteiger partial charge on any atom is -0.353 e. The number of unbranched alkanes of at least 4 members (excludes halogenated alkanes) is 7. The lowest BCUT2D eigenvalue weighted by Crippen LogP contribution is -1.98. The fraction of sp³-hybridized carbons (Fsp3) is 0.737. The predicted octanol–water partition coefficient (Wildman–Crippen LogP) is 5.54. The summed E-state index contributed by atoms with van der Waals surface area (Å²) in [7, 11) is 0. The number of nitrogens with zero attached hydrogens (tertiary/aromatic N) is 1. The van der Waals surface area contributed by atoms with Crippen molar-refractivity contribution < 1.29 is 4.79 Å². The molecule has 1 heterocycles. The zero-order valence-corrected chi connectivity index (χ0v) is 13.7. The summed E-state index contributed by atoms with van der Waals surface area (Å²) in [6.07, 6.45) is 19.2. The van der Waals surface area contributed by atoms with Crippen LogP contribution >= 0.6 is 0 Å². The number of carbonyl (C=O) groups excluding carboxylic acids is 1. The Bertz CT molecular complexity index is 433. The maximum atomic E-state index is 12.0. The van der Waals surface area contributed by atoms with Gasteiger partial charge in [-0.2, -0.15) is 0 Å². The molecule has 2 nitrogen and oxygen atoms in total. The van der Waals surface area contributed by atoms with Crippen LogP contribution in [0.5, 0.6) is 0 Å². The van der Waals surface area contributed by atoms with E-state index in [1.165, 1.54) is 63.4 Å². The average molecular weight is 289 g/mol. The lowest BCUT2D eigenvalue weighted by Gasteiger charge is -2.04. The van der Waals surface area contributed by atoms with Crippen LogP contribution < -0.4 is 0 Å². The first kappa shape index (κ1) is 16.3. The maximum Gasteiger partial charge on any atom is 0.164 e. The number of carbonyl (C=O) groups is 1. The summed E-state index contributed by atoms with van der Waals surface area (Å²) in [5.41, 5.74) is 2.30. The molecule has 0 fully saturated rings. The van der Waals surface area contributed by atoms with Gasteiger partial charge in [0.2, 0.25) is 0 Å². The average Bonchev–Trinajstić information content (AvgIpc) is 2.82. The minimum absolute atomic E-state index is 0.358.